The molecule has 0 aliphatic carbocycles. The zero-order valence-corrected chi connectivity index (χ0v) is 23.9. The second kappa shape index (κ2) is 10.6. The summed E-state index contributed by atoms with van der Waals surface area (Å²) in [6, 6.07) is 24.9. The zero-order valence-electron chi connectivity index (χ0n) is 23.1. The van der Waals surface area contributed by atoms with Crippen molar-refractivity contribution in [3.05, 3.63) is 112 Å². The van der Waals surface area contributed by atoms with Crippen LogP contribution in [-0.4, -0.2) is 49.1 Å². The first-order valence-electron chi connectivity index (χ1n) is 13.3. The highest BCUT2D eigenvalue weighted by molar-refractivity contribution is 7.89. The standard InChI is InChI=1S/C30H33BN2O6S/c1-29(2)30(3,4)39-31(38-29)28(23-15-9-6-10-16-23)25-19-24(22-13-7-5-8-14-22)20-32(21-25)40(36,37)27-18-12-11-17-26(27)33(34)35/h5-19,25,28H,20-21H2,1-4H3/t25-,28?/m0/s1. The van der Waals surface area contributed by atoms with Gasteiger partial charge in [0.25, 0.3) is 5.69 Å². The minimum absolute atomic E-state index is 0.0831. The minimum Gasteiger partial charge on any atom is -0.403 e. The van der Waals surface area contributed by atoms with Gasteiger partial charge in [-0.25, -0.2) is 8.42 Å². The Balaban J connectivity index is 1.63. The maximum Gasteiger partial charge on any atom is 0.466 e. The van der Waals surface area contributed by atoms with Gasteiger partial charge in [-0.2, -0.15) is 4.31 Å². The van der Waals surface area contributed by atoms with Crippen LogP contribution in [0.3, 0.4) is 0 Å². The topological polar surface area (TPSA) is 99.0 Å². The van der Waals surface area contributed by atoms with Gasteiger partial charge in [-0.05, 0) is 56.4 Å². The van der Waals surface area contributed by atoms with Crippen LogP contribution in [0.4, 0.5) is 5.69 Å². The average molecular weight is 560 g/mol. The lowest BCUT2D eigenvalue weighted by Crippen LogP contribution is -2.44. The molecule has 208 valence electrons. The van der Waals surface area contributed by atoms with E-state index in [1.807, 2.05) is 88.4 Å². The lowest BCUT2D eigenvalue weighted by atomic mass is 9.60. The summed E-state index contributed by atoms with van der Waals surface area (Å²) in [5.74, 6) is -0.691. The van der Waals surface area contributed by atoms with E-state index in [9.17, 15) is 18.5 Å². The van der Waals surface area contributed by atoms with Crippen molar-refractivity contribution in [1.82, 2.24) is 4.31 Å². The van der Waals surface area contributed by atoms with Crippen molar-refractivity contribution in [1.29, 1.82) is 0 Å². The second-order valence-electron chi connectivity index (χ2n) is 11.3. The lowest BCUT2D eigenvalue weighted by Gasteiger charge is -2.36. The van der Waals surface area contributed by atoms with Gasteiger partial charge in [-0.15, -0.1) is 0 Å². The molecule has 1 saturated heterocycles. The highest BCUT2D eigenvalue weighted by Crippen LogP contribution is 2.45. The van der Waals surface area contributed by atoms with Crippen molar-refractivity contribution in [3.8, 4) is 0 Å². The number of hydrogen-bond acceptors (Lipinski definition) is 6. The molecule has 10 heteroatoms. The van der Waals surface area contributed by atoms with E-state index in [2.05, 4.69) is 6.08 Å². The molecule has 2 aliphatic rings. The molecule has 3 aromatic rings. The van der Waals surface area contributed by atoms with E-state index >= 15 is 0 Å². The fourth-order valence-electron chi connectivity index (χ4n) is 5.38. The summed E-state index contributed by atoms with van der Waals surface area (Å²) in [5, 5.41) is 11.8. The molecule has 40 heavy (non-hydrogen) atoms. The Morgan fingerprint density at radius 2 is 1.45 bits per heavy atom. The number of nitrogens with zero attached hydrogens (tertiary/aromatic N) is 2. The van der Waals surface area contributed by atoms with Crippen LogP contribution < -0.4 is 0 Å². The SMILES string of the molecule is CC1(C)OB(C(c2ccccc2)[C@H]2C=C(c3ccccc3)CN(S(=O)(=O)c3ccccc3[N+](=O)[O-])C2)OC1(C)C. The predicted octanol–water partition coefficient (Wildman–Crippen LogP) is 5.71. The second-order valence-corrected chi connectivity index (χ2v) is 13.2. The van der Waals surface area contributed by atoms with Gasteiger partial charge < -0.3 is 9.31 Å². The molecule has 5 rings (SSSR count). The van der Waals surface area contributed by atoms with Crippen molar-refractivity contribution in [2.45, 2.75) is 49.6 Å². The fourth-order valence-corrected chi connectivity index (χ4v) is 6.99. The molecular formula is C30H33BN2O6S. The third kappa shape index (κ3) is 5.24. The third-order valence-corrected chi connectivity index (χ3v) is 10.1. The van der Waals surface area contributed by atoms with Gasteiger partial charge >= 0.3 is 7.12 Å². The van der Waals surface area contributed by atoms with Crippen molar-refractivity contribution < 1.29 is 22.6 Å². The Bertz CT molecular complexity index is 1510. The first-order chi connectivity index (χ1) is 18.9. The number of para-hydroxylation sites is 1. The summed E-state index contributed by atoms with van der Waals surface area (Å²) in [6.07, 6.45) is 2.11. The number of rotatable bonds is 7. The molecule has 2 heterocycles. The van der Waals surface area contributed by atoms with E-state index in [-0.39, 0.29) is 29.7 Å². The largest absolute Gasteiger partial charge is 0.466 e. The Kier molecular flexibility index (Phi) is 7.47. The molecule has 0 bridgehead atoms. The van der Waals surface area contributed by atoms with Gasteiger partial charge in [0.15, 0.2) is 4.90 Å². The molecular weight excluding hydrogens is 527 g/mol. The summed E-state index contributed by atoms with van der Waals surface area (Å²) in [7, 11) is -4.87. The minimum atomic E-state index is -4.23. The van der Waals surface area contributed by atoms with Crippen molar-refractivity contribution >= 4 is 28.4 Å². The molecule has 0 N–H and O–H groups in total. The number of nitro groups is 1. The molecule has 0 saturated carbocycles. The molecule has 2 aliphatic heterocycles. The maximum atomic E-state index is 14.1. The number of nitro benzene ring substituents is 1. The van der Waals surface area contributed by atoms with Gasteiger partial charge in [0, 0.05) is 25.0 Å². The normalized spacial score (nSPS) is 21.6. The summed E-state index contributed by atoms with van der Waals surface area (Å²) in [6.45, 7) is 8.16. The highest BCUT2D eigenvalue weighted by Gasteiger charge is 2.56. The molecule has 0 radical (unpaired) electrons. The Morgan fingerprint density at radius 3 is 2.05 bits per heavy atom. The first-order valence-corrected chi connectivity index (χ1v) is 14.7. The van der Waals surface area contributed by atoms with E-state index in [0.717, 1.165) is 16.7 Å². The average Bonchev–Trinajstić information content (AvgIpc) is 3.15. The molecule has 0 spiro atoms. The van der Waals surface area contributed by atoms with Gasteiger partial charge in [0.1, 0.15) is 0 Å². The van der Waals surface area contributed by atoms with Crippen LogP contribution >= 0.6 is 0 Å². The van der Waals surface area contributed by atoms with E-state index < -0.39 is 39.0 Å². The number of hydrogen-bond donors (Lipinski definition) is 0. The van der Waals surface area contributed by atoms with E-state index in [4.69, 9.17) is 9.31 Å². The molecule has 2 atom stereocenters. The van der Waals surface area contributed by atoms with Crippen molar-refractivity contribution in [2.24, 2.45) is 5.92 Å². The zero-order chi connectivity index (χ0) is 28.7. The summed E-state index contributed by atoms with van der Waals surface area (Å²) >= 11 is 0. The van der Waals surface area contributed by atoms with Gasteiger partial charge in [-0.1, -0.05) is 78.9 Å². The number of sulfonamides is 1. The molecule has 3 aromatic carbocycles. The summed E-state index contributed by atoms with van der Waals surface area (Å²) in [5.41, 5.74) is 1.05. The van der Waals surface area contributed by atoms with Gasteiger partial charge in [0.05, 0.1) is 16.1 Å². The number of benzene rings is 3. The molecule has 1 unspecified atom stereocenters. The van der Waals surface area contributed by atoms with Crippen LogP contribution in [0, 0.1) is 16.0 Å². The van der Waals surface area contributed by atoms with Gasteiger partial charge in [-0.3, -0.25) is 10.1 Å². The van der Waals surface area contributed by atoms with Gasteiger partial charge in [0.2, 0.25) is 10.0 Å². The first kappa shape index (κ1) is 28.2. The Hall–Kier alpha value is -3.31. The lowest BCUT2D eigenvalue weighted by molar-refractivity contribution is -0.387. The summed E-state index contributed by atoms with van der Waals surface area (Å²) < 4.78 is 42.5. The van der Waals surface area contributed by atoms with E-state index in [0.29, 0.717) is 0 Å². The third-order valence-electron chi connectivity index (χ3n) is 8.21. The molecule has 1 fully saturated rings. The van der Waals surface area contributed by atoms with E-state index in [1.165, 1.54) is 28.6 Å². The molecule has 0 aromatic heterocycles. The van der Waals surface area contributed by atoms with Crippen LogP contribution in [0.15, 0.2) is 95.9 Å². The molecule has 0 amide bonds. The van der Waals surface area contributed by atoms with Crippen LogP contribution in [0.1, 0.15) is 44.6 Å². The Labute approximate surface area is 236 Å². The van der Waals surface area contributed by atoms with Crippen LogP contribution in [0.5, 0.6) is 0 Å². The van der Waals surface area contributed by atoms with Crippen molar-refractivity contribution in [2.75, 3.05) is 13.1 Å². The molecule has 8 nitrogen and oxygen atoms in total. The summed E-state index contributed by atoms with van der Waals surface area (Å²) in [4.78, 5) is 10.8. The van der Waals surface area contributed by atoms with Crippen LogP contribution in [-0.2, 0) is 19.3 Å². The quantitative estimate of drug-likeness (QED) is 0.208. The monoisotopic (exact) mass is 560 g/mol. The van der Waals surface area contributed by atoms with Crippen LogP contribution in [0.25, 0.3) is 5.57 Å². The van der Waals surface area contributed by atoms with Crippen molar-refractivity contribution in [3.63, 3.8) is 0 Å². The van der Waals surface area contributed by atoms with E-state index in [1.54, 1.807) is 0 Å². The van der Waals surface area contributed by atoms with Crippen LogP contribution in [0.2, 0.25) is 0 Å². The maximum absolute atomic E-state index is 14.1. The highest BCUT2D eigenvalue weighted by atomic mass is 32.2. The fraction of sp³-hybridized carbons (Fsp3) is 0.333. The smallest absolute Gasteiger partial charge is 0.403 e. The Morgan fingerprint density at radius 1 is 0.900 bits per heavy atom. The predicted molar refractivity (Wildman–Crippen MR) is 155 cm³/mol.